The Kier molecular flexibility index (Phi) is 5.31. The highest BCUT2D eigenvalue weighted by molar-refractivity contribution is 7.88. The Balaban J connectivity index is 2.18. The van der Waals surface area contributed by atoms with E-state index in [0.29, 0.717) is 31.5 Å². The fourth-order valence-corrected chi connectivity index (χ4v) is 5.65. The number of piperidine rings is 1. The minimum atomic E-state index is -3.31. The van der Waals surface area contributed by atoms with Crippen molar-refractivity contribution in [1.82, 2.24) is 14.1 Å². The highest BCUT2D eigenvalue weighted by atomic mass is 32.2. The van der Waals surface area contributed by atoms with Crippen LogP contribution in [-0.2, 0) is 14.8 Å². The Morgan fingerprint density at radius 2 is 1.75 bits per heavy atom. The van der Waals surface area contributed by atoms with Crippen LogP contribution in [-0.4, -0.2) is 79.4 Å². The summed E-state index contributed by atoms with van der Waals surface area (Å²) < 4.78 is 25.5. The molecule has 7 nitrogen and oxygen atoms in total. The molecule has 154 valence electrons. The molecule has 0 N–H and O–H groups in total. The van der Waals surface area contributed by atoms with Crippen LogP contribution in [0.25, 0.3) is 0 Å². The van der Waals surface area contributed by atoms with Gasteiger partial charge in [0.2, 0.25) is 15.9 Å². The molecule has 1 spiro atoms. The van der Waals surface area contributed by atoms with Crippen LogP contribution in [0.5, 0.6) is 0 Å². The first-order valence-electron chi connectivity index (χ1n) is 9.59. The second kappa shape index (κ2) is 7.15. The molecule has 1 fully saturated rings. The van der Waals surface area contributed by atoms with E-state index < -0.39 is 21.5 Å². The molecule has 0 bridgehead atoms. The number of nitrogens with zero attached hydrogens (tertiary/aromatic N) is 3. The number of hydrogen-bond acceptors (Lipinski definition) is 4. The standard InChI is InChI=1S/C20H29N3O4S/c1-14(2)23-18(24)16-9-7-6-8-15(16)17(19(25)21(3)4)20(23)10-12-22(13-11-20)28(5,26)27/h6-9,14,17H,10-13H2,1-5H3. The topological polar surface area (TPSA) is 78.0 Å². The number of carbonyl (C=O) groups is 2. The Labute approximate surface area is 167 Å². The predicted molar refractivity (Wildman–Crippen MR) is 108 cm³/mol. The maximum absolute atomic E-state index is 13.4. The second-order valence-electron chi connectivity index (χ2n) is 8.29. The summed E-state index contributed by atoms with van der Waals surface area (Å²) in [4.78, 5) is 30.2. The lowest BCUT2D eigenvalue weighted by Gasteiger charge is -2.56. The molecule has 3 rings (SSSR count). The predicted octanol–water partition coefficient (Wildman–Crippen LogP) is 1.52. The van der Waals surface area contributed by atoms with Crippen LogP contribution in [0.3, 0.4) is 0 Å². The first kappa shape index (κ1) is 20.8. The van der Waals surface area contributed by atoms with Gasteiger partial charge in [-0.05, 0) is 38.3 Å². The van der Waals surface area contributed by atoms with E-state index in [-0.39, 0.29) is 17.9 Å². The molecule has 1 atom stereocenters. The number of hydrogen-bond donors (Lipinski definition) is 0. The maximum atomic E-state index is 13.4. The molecule has 0 saturated carbocycles. The summed E-state index contributed by atoms with van der Waals surface area (Å²) in [6, 6.07) is 7.20. The largest absolute Gasteiger partial charge is 0.348 e. The molecule has 0 aliphatic carbocycles. The van der Waals surface area contributed by atoms with Gasteiger partial charge in [0.15, 0.2) is 0 Å². The summed E-state index contributed by atoms with van der Waals surface area (Å²) in [5, 5.41) is 0. The minimum Gasteiger partial charge on any atom is -0.348 e. The van der Waals surface area contributed by atoms with Gasteiger partial charge < -0.3 is 9.80 Å². The summed E-state index contributed by atoms with van der Waals surface area (Å²) >= 11 is 0. The van der Waals surface area contributed by atoms with Gasteiger partial charge in [-0.25, -0.2) is 12.7 Å². The molecule has 1 aromatic rings. The third-order valence-electron chi connectivity index (χ3n) is 6.00. The van der Waals surface area contributed by atoms with Gasteiger partial charge in [-0.15, -0.1) is 0 Å². The monoisotopic (exact) mass is 407 g/mol. The van der Waals surface area contributed by atoms with Crippen molar-refractivity contribution < 1.29 is 18.0 Å². The van der Waals surface area contributed by atoms with E-state index in [1.807, 2.05) is 36.9 Å². The number of amides is 2. The fraction of sp³-hybridized carbons (Fsp3) is 0.600. The molecule has 2 aliphatic heterocycles. The van der Waals surface area contributed by atoms with E-state index in [1.165, 1.54) is 10.6 Å². The Bertz CT molecular complexity index is 886. The second-order valence-corrected chi connectivity index (χ2v) is 10.3. The van der Waals surface area contributed by atoms with Crippen molar-refractivity contribution in [1.29, 1.82) is 0 Å². The molecule has 0 aromatic heterocycles. The molecule has 1 aromatic carbocycles. The normalized spacial score (nSPS) is 22.4. The van der Waals surface area contributed by atoms with Crippen LogP contribution in [0.4, 0.5) is 0 Å². The van der Waals surface area contributed by atoms with Gasteiger partial charge in [0.25, 0.3) is 5.91 Å². The lowest BCUT2D eigenvalue weighted by Crippen LogP contribution is -2.67. The maximum Gasteiger partial charge on any atom is 0.254 e. The molecule has 8 heteroatoms. The first-order valence-corrected chi connectivity index (χ1v) is 11.4. The summed E-state index contributed by atoms with van der Waals surface area (Å²) in [6.45, 7) is 4.50. The van der Waals surface area contributed by atoms with E-state index >= 15 is 0 Å². The van der Waals surface area contributed by atoms with Gasteiger partial charge in [0.1, 0.15) is 0 Å². The molecular formula is C20H29N3O4S. The highest BCUT2D eigenvalue weighted by Crippen LogP contribution is 2.48. The average Bonchev–Trinajstić information content (AvgIpc) is 2.61. The summed E-state index contributed by atoms with van der Waals surface area (Å²) in [5.74, 6) is -0.653. The molecule has 2 aliphatic rings. The molecular weight excluding hydrogens is 378 g/mol. The molecule has 2 amide bonds. The van der Waals surface area contributed by atoms with Crippen LogP contribution < -0.4 is 0 Å². The summed E-state index contributed by atoms with van der Waals surface area (Å²) in [5.41, 5.74) is 0.575. The lowest BCUT2D eigenvalue weighted by atomic mass is 9.67. The van der Waals surface area contributed by atoms with Gasteiger partial charge in [0, 0.05) is 38.8 Å². The van der Waals surface area contributed by atoms with Crippen molar-refractivity contribution in [3.05, 3.63) is 35.4 Å². The average molecular weight is 408 g/mol. The number of likely N-dealkylation sites (N-methyl/N-ethyl adjacent to an activating group) is 1. The van der Waals surface area contributed by atoms with Gasteiger partial charge in [-0.2, -0.15) is 0 Å². The summed E-state index contributed by atoms with van der Waals surface area (Å²) in [6.07, 6.45) is 2.07. The molecule has 0 radical (unpaired) electrons. The van der Waals surface area contributed by atoms with Crippen LogP contribution >= 0.6 is 0 Å². The van der Waals surface area contributed by atoms with Crippen LogP contribution in [0.1, 0.15) is 48.5 Å². The highest BCUT2D eigenvalue weighted by Gasteiger charge is 2.56. The smallest absolute Gasteiger partial charge is 0.254 e. The molecule has 2 heterocycles. The minimum absolute atomic E-state index is 0.0570. The van der Waals surface area contributed by atoms with E-state index in [4.69, 9.17) is 0 Å². The van der Waals surface area contributed by atoms with Gasteiger partial charge in [0.05, 0.1) is 17.7 Å². The fourth-order valence-electron chi connectivity index (χ4n) is 4.81. The quantitative estimate of drug-likeness (QED) is 0.761. The third-order valence-corrected chi connectivity index (χ3v) is 7.30. The van der Waals surface area contributed by atoms with E-state index in [0.717, 1.165) is 5.56 Å². The van der Waals surface area contributed by atoms with Crippen molar-refractivity contribution >= 4 is 21.8 Å². The number of fused-ring (bicyclic) bond motifs is 1. The first-order chi connectivity index (χ1) is 13.0. The van der Waals surface area contributed by atoms with Crippen LogP contribution in [0.15, 0.2) is 24.3 Å². The zero-order valence-corrected chi connectivity index (χ0v) is 18.0. The lowest BCUT2D eigenvalue weighted by molar-refractivity contribution is -0.136. The van der Waals surface area contributed by atoms with Gasteiger partial charge in [-0.3, -0.25) is 9.59 Å². The Hall–Kier alpha value is -1.93. The SMILES string of the molecule is CC(C)N1C(=O)c2ccccc2C(C(=O)N(C)C)C12CCN(S(C)(=O)=O)CC2. The summed E-state index contributed by atoms with van der Waals surface area (Å²) in [7, 11) is 0.133. The zero-order chi connectivity index (χ0) is 20.9. The van der Waals surface area contributed by atoms with Crippen LogP contribution in [0, 0.1) is 0 Å². The third kappa shape index (κ3) is 3.22. The molecule has 1 unspecified atom stereocenters. The Morgan fingerprint density at radius 3 is 2.25 bits per heavy atom. The van der Waals surface area contributed by atoms with E-state index in [9.17, 15) is 18.0 Å². The molecule has 1 saturated heterocycles. The van der Waals surface area contributed by atoms with E-state index in [1.54, 1.807) is 25.1 Å². The number of carbonyl (C=O) groups excluding carboxylic acids is 2. The number of sulfonamides is 1. The van der Waals surface area contributed by atoms with Gasteiger partial charge >= 0.3 is 0 Å². The van der Waals surface area contributed by atoms with E-state index in [2.05, 4.69) is 0 Å². The number of rotatable bonds is 3. The van der Waals surface area contributed by atoms with Crippen molar-refractivity contribution in [2.24, 2.45) is 0 Å². The Morgan fingerprint density at radius 1 is 1.18 bits per heavy atom. The van der Waals surface area contributed by atoms with Gasteiger partial charge in [-0.1, -0.05) is 18.2 Å². The van der Waals surface area contributed by atoms with Crippen LogP contribution in [0.2, 0.25) is 0 Å². The number of benzene rings is 1. The van der Waals surface area contributed by atoms with Crippen molar-refractivity contribution in [2.45, 2.75) is 44.2 Å². The zero-order valence-electron chi connectivity index (χ0n) is 17.2. The van der Waals surface area contributed by atoms with Crippen molar-refractivity contribution in [2.75, 3.05) is 33.4 Å². The molecule has 28 heavy (non-hydrogen) atoms. The van der Waals surface area contributed by atoms with Crippen molar-refractivity contribution in [3.8, 4) is 0 Å². The van der Waals surface area contributed by atoms with Crippen molar-refractivity contribution in [3.63, 3.8) is 0 Å².